The molecule has 0 aromatic heterocycles. The summed E-state index contributed by atoms with van der Waals surface area (Å²) in [5, 5.41) is 11.0. The Kier molecular flexibility index (Phi) is 6.98. The van der Waals surface area contributed by atoms with Gasteiger partial charge in [0.2, 0.25) is 10.0 Å². The number of amides is 2. The monoisotopic (exact) mass is 389 g/mol. The number of nitrogens with two attached hydrogens (primary N) is 1. The van der Waals surface area contributed by atoms with Crippen molar-refractivity contribution in [3.63, 3.8) is 0 Å². The number of carbonyl (C=O) groups excluding carboxylic acids is 1. The van der Waals surface area contributed by atoms with Gasteiger partial charge in [-0.3, -0.25) is 0 Å². The van der Waals surface area contributed by atoms with Gasteiger partial charge in [0.25, 0.3) is 0 Å². The van der Waals surface area contributed by atoms with E-state index in [1.165, 1.54) is 12.1 Å². The lowest BCUT2D eigenvalue weighted by molar-refractivity contribution is 0.232. The molecule has 0 radical (unpaired) electrons. The summed E-state index contributed by atoms with van der Waals surface area (Å²) in [6.07, 6.45) is 0.828. The smallest absolute Gasteiger partial charge is 0.315 e. The fraction of sp³-hybridized carbons (Fsp3) is 0.350. The molecule has 6 nitrogen and oxygen atoms in total. The second kappa shape index (κ2) is 9.01. The van der Waals surface area contributed by atoms with Gasteiger partial charge in [-0.15, -0.1) is 0 Å². The van der Waals surface area contributed by atoms with Crippen LogP contribution in [0.3, 0.4) is 0 Å². The Morgan fingerprint density at radius 1 is 0.926 bits per heavy atom. The van der Waals surface area contributed by atoms with Crippen LogP contribution in [-0.4, -0.2) is 14.4 Å². The lowest BCUT2D eigenvalue weighted by Gasteiger charge is -2.23. The third-order valence-corrected chi connectivity index (χ3v) is 5.20. The molecule has 27 heavy (non-hydrogen) atoms. The predicted molar refractivity (Wildman–Crippen MR) is 107 cm³/mol. The van der Waals surface area contributed by atoms with Crippen LogP contribution >= 0.6 is 0 Å². The second-order valence-electron chi connectivity index (χ2n) is 7.05. The molecule has 2 amide bonds. The summed E-state index contributed by atoms with van der Waals surface area (Å²) in [6.45, 7) is 6.07. The molecule has 2 aromatic carbocycles. The van der Waals surface area contributed by atoms with Gasteiger partial charge in [0, 0.05) is 0 Å². The summed E-state index contributed by atoms with van der Waals surface area (Å²) < 4.78 is 22.7. The predicted octanol–water partition coefficient (Wildman–Crippen LogP) is 3.48. The minimum Gasteiger partial charge on any atom is -0.332 e. The van der Waals surface area contributed by atoms with E-state index in [-0.39, 0.29) is 23.0 Å². The van der Waals surface area contributed by atoms with Crippen LogP contribution in [-0.2, 0) is 10.0 Å². The molecule has 0 aliphatic rings. The highest BCUT2D eigenvalue weighted by Gasteiger charge is 2.18. The van der Waals surface area contributed by atoms with E-state index in [9.17, 15) is 13.2 Å². The molecular formula is C20H27N3O3S. The Bertz CT molecular complexity index is 850. The molecule has 0 spiro atoms. The topological polar surface area (TPSA) is 101 Å². The number of hydrogen-bond donors (Lipinski definition) is 3. The average Bonchev–Trinajstić information content (AvgIpc) is 2.61. The van der Waals surface area contributed by atoms with Gasteiger partial charge in [-0.1, -0.05) is 56.3 Å². The zero-order valence-electron chi connectivity index (χ0n) is 15.8. The molecule has 4 N–H and O–H groups in total. The van der Waals surface area contributed by atoms with E-state index < -0.39 is 10.0 Å². The van der Waals surface area contributed by atoms with Crippen LogP contribution in [0.15, 0.2) is 59.5 Å². The first kappa shape index (κ1) is 20.9. The van der Waals surface area contributed by atoms with Crippen LogP contribution in [0, 0.1) is 5.92 Å². The molecule has 2 rings (SSSR count). The van der Waals surface area contributed by atoms with Gasteiger partial charge in [-0.2, -0.15) is 0 Å². The maximum absolute atomic E-state index is 12.5. The molecule has 0 saturated carbocycles. The third kappa shape index (κ3) is 6.37. The minimum atomic E-state index is -3.73. The molecular weight excluding hydrogens is 362 g/mol. The Labute approximate surface area is 161 Å². The average molecular weight is 390 g/mol. The number of nitrogens with one attached hydrogen (secondary N) is 2. The van der Waals surface area contributed by atoms with Crippen LogP contribution in [0.25, 0.3) is 0 Å². The van der Waals surface area contributed by atoms with Crippen molar-refractivity contribution in [2.24, 2.45) is 11.1 Å². The number of rotatable bonds is 7. The molecule has 2 aromatic rings. The normalized spacial score (nSPS) is 13.8. The van der Waals surface area contributed by atoms with Crippen molar-refractivity contribution in [2.45, 2.75) is 44.2 Å². The highest BCUT2D eigenvalue weighted by Crippen LogP contribution is 2.21. The molecule has 7 heteroatoms. The number of benzene rings is 2. The summed E-state index contributed by atoms with van der Waals surface area (Å²) in [4.78, 5) is 12.5. The largest absolute Gasteiger partial charge is 0.332 e. The highest BCUT2D eigenvalue weighted by molar-refractivity contribution is 7.89. The van der Waals surface area contributed by atoms with Gasteiger partial charge in [-0.05, 0) is 42.5 Å². The van der Waals surface area contributed by atoms with E-state index in [2.05, 4.69) is 24.5 Å². The maximum atomic E-state index is 12.5. The van der Waals surface area contributed by atoms with Crippen molar-refractivity contribution in [1.29, 1.82) is 0 Å². The van der Waals surface area contributed by atoms with E-state index >= 15 is 0 Å². The molecule has 0 saturated heterocycles. The summed E-state index contributed by atoms with van der Waals surface area (Å²) in [5.41, 5.74) is 1.85. The van der Waals surface area contributed by atoms with E-state index in [1.807, 2.05) is 37.3 Å². The zero-order valence-corrected chi connectivity index (χ0v) is 16.7. The molecule has 0 aliphatic carbocycles. The Hall–Kier alpha value is -2.38. The third-order valence-electron chi connectivity index (χ3n) is 4.27. The molecule has 0 fully saturated rings. The minimum absolute atomic E-state index is 0.0453. The number of primary sulfonamides is 1. The van der Waals surface area contributed by atoms with Crippen molar-refractivity contribution in [3.05, 3.63) is 65.7 Å². The summed E-state index contributed by atoms with van der Waals surface area (Å²) in [6, 6.07) is 15.4. The van der Waals surface area contributed by atoms with Gasteiger partial charge in [0.1, 0.15) is 0 Å². The molecule has 0 aliphatic heterocycles. The van der Waals surface area contributed by atoms with E-state index in [1.54, 1.807) is 12.1 Å². The van der Waals surface area contributed by atoms with Gasteiger partial charge in [-0.25, -0.2) is 18.4 Å². The standard InChI is InChI=1S/C20H27N3O3S/c1-14(2)13-19(17-7-5-4-6-8-17)23-20(24)22-15(3)16-9-11-18(12-10-16)27(21,25)26/h4-12,14-15,19H,13H2,1-3H3,(H2,21,25,26)(H2,22,23,24)/t15-,19-/m1/s1. The van der Waals surface area contributed by atoms with Gasteiger partial charge in [0.05, 0.1) is 17.0 Å². The van der Waals surface area contributed by atoms with E-state index in [0.717, 1.165) is 17.5 Å². The molecule has 146 valence electrons. The number of hydrogen-bond acceptors (Lipinski definition) is 3. The first-order valence-corrected chi connectivity index (χ1v) is 10.5. The van der Waals surface area contributed by atoms with E-state index in [0.29, 0.717) is 5.92 Å². The van der Waals surface area contributed by atoms with Crippen molar-refractivity contribution >= 4 is 16.1 Å². The molecule has 2 atom stereocenters. The van der Waals surface area contributed by atoms with Gasteiger partial charge in [0.15, 0.2) is 0 Å². The molecule has 0 unspecified atom stereocenters. The lowest BCUT2D eigenvalue weighted by Crippen LogP contribution is -2.39. The Morgan fingerprint density at radius 2 is 1.52 bits per heavy atom. The van der Waals surface area contributed by atoms with Gasteiger partial charge < -0.3 is 10.6 Å². The lowest BCUT2D eigenvalue weighted by atomic mass is 9.97. The van der Waals surface area contributed by atoms with Crippen molar-refractivity contribution in [1.82, 2.24) is 10.6 Å². The van der Waals surface area contributed by atoms with Crippen molar-refractivity contribution in [3.8, 4) is 0 Å². The number of sulfonamides is 1. The summed E-state index contributed by atoms with van der Waals surface area (Å²) in [7, 11) is -3.73. The number of carbonyl (C=O) groups is 1. The molecule has 0 bridgehead atoms. The fourth-order valence-electron chi connectivity index (χ4n) is 2.86. The maximum Gasteiger partial charge on any atom is 0.315 e. The second-order valence-corrected chi connectivity index (χ2v) is 8.61. The fourth-order valence-corrected chi connectivity index (χ4v) is 3.38. The number of urea groups is 1. The highest BCUT2D eigenvalue weighted by atomic mass is 32.2. The first-order chi connectivity index (χ1) is 12.7. The van der Waals surface area contributed by atoms with Crippen molar-refractivity contribution < 1.29 is 13.2 Å². The summed E-state index contributed by atoms with van der Waals surface area (Å²) >= 11 is 0. The quantitative estimate of drug-likeness (QED) is 0.675. The SMILES string of the molecule is CC(C)C[C@@H](NC(=O)N[C@H](C)c1ccc(S(N)(=O)=O)cc1)c1ccccc1. The van der Waals surface area contributed by atoms with Crippen LogP contribution in [0.4, 0.5) is 4.79 Å². The zero-order chi connectivity index (χ0) is 20.0. The van der Waals surface area contributed by atoms with Crippen LogP contribution in [0.2, 0.25) is 0 Å². The Balaban J connectivity index is 2.04. The van der Waals surface area contributed by atoms with Crippen LogP contribution in [0.1, 0.15) is 50.4 Å². The summed E-state index contributed by atoms with van der Waals surface area (Å²) in [5.74, 6) is 0.429. The van der Waals surface area contributed by atoms with Crippen LogP contribution in [0.5, 0.6) is 0 Å². The first-order valence-electron chi connectivity index (χ1n) is 8.91. The van der Waals surface area contributed by atoms with Crippen LogP contribution < -0.4 is 15.8 Å². The van der Waals surface area contributed by atoms with Crippen molar-refractivity contribution in [2.75, 3.05) is 0 Å². The van der Waals surface area contributed by atoms with Gasteiger partial charge >= 0.3 is 6.03 Å². The molecule has 0 heterocycles. The van der Waals surface area contributed by atoms with E-state index in [4.69, 9.17) is 5.14 Å². The Morgan fingerprint density at radius 3 is 2.04 bits per heavy atom.